The number of aromatic nitrogens is 2. The SMILES string of the molecule is CCN(CC)S(=O)(=O)c1ccc2c(c1)nc(CCC(=O)N(C)Cc1ccc(C(C)(C)C)cc1)n2C. The minimum atomic E-state index is -3.55. The summed E-state index contributed by atoms with van der Waals surface area (Å²) in [6.45, 7) is 11.6. The molecule has 1 aromatic heterocycles. The Hall–Kier alpha value is -2.71. The molecular formula is C27H38N4O3S. The number of hydrogen-bond donors (Lipinski definition) is 0. The summed E-state index contributed by atoms with van der Waals surface area (Å²) in [6.07, 6.45) is 0.813. The molecule has 1 amide bonds. The molecule has 0 N–H and O–H groups in total. The molecule has 0 atom stereocenters. The van der Waals surface area contributed by atoms with E-state index in [1.807, 2.05) is 32.5 Å². The van der Waals surface area contributed by atoms with Crippen molar-refractivity contribution in [1.82, 2.24) is 18.8 Å². The van der Waals surface area contributed by atoms with E-state index in [2.05, 4.69) is 50.0 Å². The molecule has 0 bridgehead atoms. The van der Waals surface area contributed by atoms with Gasteiger partial charge in [-0.2, -0.15) is 4.31 Å². The maximum absolute atomic E-state index is 12.9. The lowest BCUT2D eigenvalue weighted by molar-refractivity contribution is -0.130. The molecule has 0 fully saturated rings. The van der Waals surface area contributed by atoms with Crippen molar-refractivity contribution < 1.29 is 13.2 Å². The van der Waals surface area contributed by atoms with Crippen LogP contribution in [0.25, 0.3) is 11.0 Å². The predicted octanol–water partition coefficient (Wildman–Crippen LogP) is 4.49. The van der Waals surface area contributed by atoms with Gasteiger partial charge in [-0.05, 0) is 34.7 Å². The Balaban J connectivity index is 1.69. The van der Waals surface area contributed by atoms with Crippen LogP contribution in [0.5, 0.6) is 0 Å². The number of carbonyl (C=O) groups excluding carboxylic acids is 1. The summed E-state index contributed by atoms with van der Waals surface area (Å²) in [5, 5.41) is 0. The van der Waals surface area contributed by atoms with Gasteiger partial charge in [-0.15, -0.1) is 0 Å². The molecule has 190 valence electrons. The van der Waals surface area contributed by atoms with Crippen LogP contribution >= 0.6 is 0 Å². The normalized spacial score (nSPS) is 12.5. The first-order valence-electron chi connectivity index (χ1n) is 12.2. The second-order valence-electron chi connectivity index (χ2n) is 10.0. The van der Waals surface area contributed by atoms with E-state index in [1.54, 1.807) is 23.1 Å². The van der Waals surface area contributed by atoms with Crippen molar-refractivity contribution in [3.05, 3.63) is 59.4 Å². The van der Waals surface area contributed by atoms with Crippen molar-refractivity contribution in [2.75, 3.05) is 20.1 Å². The van der Waals surface area contributed by atoms with Crippen LogP contribution in [-0.4, -0.2) is 53.2 Å². The quantitative estimate of drug-likeness (QED) is 0.436. The average molecular weight is 499 g/mol. The van der Waals surface area contributed by atoms with Gasteiger partial charge < -0.3 is 9.47 Å². The van der Waals surface area contributed by atoms with E-state index < -0.39 is 10.0 Å². The largest absolute Gasteiger partial charge is 0.341 e. The highest BCUT2D eigenvalue weighted by molar-refractivity contribution is 7.89. The van der Waals surface area contributed by atoms with Crippen LogP contribution in [0.1, 0.15) is 58.0 Å². The highest BCUT2D eigenvalue weighted by atomic mass is 32.2. The first-order valence-corrected chi connectivity index (χ1v) is 13.6. The van der Waals surface area contributed by atoms with Gasteiger partial charge in [0.05, 0.1) is 15.9 Å². The molecule has 0 saturated heterocycles. The monoisotopic (exact) mass is 498 g/mol. The highest BCUT2D eigenvalue weighted by Gasteiger charge is 2.23. The van der Waals surface area contributed by atoms with Crippen LogP contribution in [-0.2, 0) is 40.2 Å². The van der Waals surface area contributed by atoms with Crippen molar-refractivity contribution in [2.24, 2.45) is 7.05 Å². The first kappa shape index (κ1) is 26.9. The van der Waals surface area contributed by atoms with E-state index >= 15 is 0 Å². The molecule has 35 heavy (non-hydrogen) atoms. The zero-order valence-electron chi connectivity index (χ0n) is 22.0. The fourth-order valence-electron chi connectivity index (χ4n) is 4.21. The molecule has 0 unspecified atom stereocenters. The lowest BCUT2D eigenvalue weighted by Gasteiger charge is -2.21. The molecule has 3 aromatic rings. The van der Waals surface area contributed by atoms with Crippen LogP contribution in [0.15, 0.2) is 47.4 Å². The van der Waals surface area contributed by atoms with Crippen molar-refractivity contribution in [3.63, 3.8) is 0 Å². The lowest BCUT2D eigenvalue weighted by atomic mass is 9.87. The molecule has 0 saturated carbocycles. The van der Waals surface area contributed by atoms with Crippen LogP contribution < -0.4 is 0 Å². The molecule has 0 aliphatic heterocycles. The van der Waals surface area contributed by atoms with E-state index in [-0.39, 0.29) is 16.2 Å². The van der Waals surface area contributed by atoms with Crippen LogP contribution in [0, 0.1) is 0 Å². The van der Waals surface area contributed by atoms with Gasteiger partial charge in [0, 0.05) is 46.6 Å². The minimum Gasteiger partial charge on any atom is -0.341 e. The summed E-state index contributed by atoms with van der Waals surface area (Å²) in [7, 11) is 0.165. The van der Waals surface area contributed by atoms with Gasteiger partial charge in [0.2, 0.25) is 15.9 Å². The van der Waals surface area contributed by atoms with Gasteiger partial charge in [-0.25, -0.2) is 13.4 Å². The van der Waals surface area contributed by atoms with E-state index in [0.29, 0.717) is 38.0 Å². The van der Waals surface area contributed by atoms with E-state index in [1.165, 1.54) is 9.87 Å². The number of sulfonamides is 1. The molecule has 1 heterocycles. The number of benzene rings is 2. The summed E-state index contributed by atoms with van der Waals surface area (Å²) in [5.41, 5.74) is 3.93. The molecule has 7 nitrogen and oxygen atoms in total. The second-order valence-corrected chi connectivity index (χ2v) is 12.0. The fraction of sp³-hybridized carbons (Fsp3) is 0.481. The van der Waals surface area contributed by atoms with Crippen molar-refractivity contribution in [2.45, 2.75) is 64.3 Å². The van der Waals surface area contributed by atoms with E-state index in [4.69, 9.17) is 0 Å². The molecule has 0 radical (unpaired) electrons. The number of rotatable bonds is 9. The molecule has 3 rings (SSSR count). The molecule has 0 spiro atoms. The Morgan fingerprint density at radius 3 is 2.23 bits per heavy atom. The van der Waals surface area contributed by atoms with Gasteiger partial charge >= 0.3 is 0 Å². The Morgan fingerprint density at radius 1 is 1.03 bits per heavy atom. The molecular weight excluding hydrogens is 460 g/mol. The molecule has 0 aliphatic carbocycles. The first-order chi connectivity index (χ1) is 16.4. The van der Waals surface area contributed by atoms with Crippen molar-refractivity contribution >= 4 is 27.0 Å². The van der Waals surface area contributed by atoms with E-state index in [0.717, 1.165) is 16.9 Å². The number of fused-ring (bicyclic) bond motifs is 1. The lowest BCUT2D eigenvalue weighted by Crippen LogP contribution is -2.30. The Morgan fingerprint density at radius 2 is 1.66 bits per heavy atom. The summed E-state index contributed by atoms with van der Waals surface area (Å²) < 4.78 is 29.1. The van der Waals surface area contributed by atoms with Crippen LogP contribution in [0.2, 0.25) is 0 Å². The fourth-order valence-corrected chi connectivity index (χ4v) is 5.69. The summed E-state index contributed by atoms with van der Waals surface area (Å²) in [4.78, 5) is 19.4. The van der Waals surface area contributed by atoms with Gasteiger partial charge in [-0.1, -0.05) is 58.9 Å². The maximum Gasteiger partial charge on any atom is 0.243 e. The van der Waals surface area contributed by atoms with Crippen molar-refractivity contribution in [3.8, 4) is 0 Å². The third-order valence-corrected chi connectivity index (χ3v) is 8.56. The summed E-state index contributed by atoms with van der Waals surface area (Å²) in [6, 6.07) is 13.5. The molecule has 0 aliphatic rings. The highest BCUT2D eigenvalue weighted by Crippen LogP contribution is 2.24. The zero-order valence-corrected chi connectivity index (χ0v) is 22.8. The van der Waals surface area contributed by atoms with Crippen LogP contribution in [0.3, 0.4) is 0 Å². The average Bonchev–Trinajstić information content (AvgIpc) is 3.12. The molecule has 2 aromatic carbocycles. The smallest absolute Gasteiger partial charge is 0.243 e. The van der Waals surface area contributed by atoms with Crippen molar-refractivity contribution in [1.29, 1.82) is 0 Å². The number of amides is 1. The summed E-state index contributed by atoms with van der Waals surface area (Å²) >= 11 is 0. The standard InChI is InChI=1S/C27H38N4O3S/c1-8-31(9-2)35(33,34)22-14-15-24-23(18-22)28-25(30(24)7)16-17-26(32)29(6)19-20-10-12-21(13-11-20)27(3,4)5/h10-15,18H,8-9,16-17,19H2,1-7H3. The maximum atomic E-state index is 12.9. The minimum absolute atomic E-state index is 0.0433. The molecule has 8 heteroatoms. The third kappa shape index (κ3) is 5.93. The third-order valence-electron chi connectivity index (χ3n) is 6.52. The van der Waals surface area contributed by atoms with Gasteiger partial charge in [0.1, 0.15) is 5.82 Å². The Kier molecular flexibility index (Phi) is 8.07. The number of aryl methyl sites for hydroxylation is 2. The van der Waals surface area contributed by atoms with Gasteiger partial charge in [0.25, 0.3) is 0 Å². The Bertz CT molecular complexity index is 1280. The zero-order chi connectivity index (χ0) is 26.0. The van der Waals surface area contributed by atoms with E-state index in [9.17, 15) is 13.2 Å². The van der Waals surface area contributed by atoms with Crippen LogP contribution in [0.4, 0.5) is 0 Å². The topological polar surface area (TPSA) is 75.5 Å². The number of carbonyl (C=O) groups is 1. The summed E-state index contributed by atoms with van der Waals surface area (Å²) in [5.74, 6) is 0.801. The van der Waals surface area contributed by atoms with Gasteiger partial charge in [0.15, 0.2) is 0 Å². The number of nitrogens with zero attached hydrogens (tertiary/aromatic N) is 4. The van der Waals surface area contributed by atoms with Gasteiger partial charge in [-0.3, -0.25) is 4.79 Å². The number of imidazole rings is 1. The number of hydrogen-bond acceptors (Lipinski definition) is 4. The predicted molar refractivity (Wildman–Crippen MR) is 141 cm³/mol. The second kappa shape index (κ2) is 10.5. The Labute approximate surface area is 209 Å².